The summed E-state index contributed by atoms with van der Waals surface area (Å²) in [5.74, 6) is -1.29. The van der Waals surface area contributed by atoms with Crippen molar-refractivity contribution in [3.05, 3.63) is 48.5 Å². The minimum Gasteiger partial charge on any atom is -0.481 e. The summed E-state index contributed by atoms with van der Waals surface area (Å²) >= 11 is 0. The van der Waals surface area contributed by atoms with Crippen LogP contribution in [0.15, 0.2) is 42.9 Å². The van der Waals surface area contributed by atoms with Gasteiger partial charge >= 0.3 is 5.97 Å². The van der Waals surface area contributed by atoms with Gasteiger partial charge in [-0.1, -0.05) is 18.2 Å². The predicted molar refractivity (Wildman–Crippen MR) is 68.2 cm³/mol. The number of imidazole rings is 1. The lowest BCUT2D eigenvalue weighted by molar-refractivity contribution is -0.136. The first-order valence-electron chi connectivity index (χ1n) is 5.76. The summed E-state index contributed by atoms with van der Waals surface area (Å²) in [6.45, 7) is 0.0914. The number of aliphatic carboxylic acids is 1. The predicted octanol–water partition coefficient (Wildman–Crippen LogP) is 1.08. The number of aromatic nitrogens is 2. The second kappa shape index (κ2) is 5.81. The van der Waals surface area contributed by atoms with E-state index in [9.17, 15) is 9.59 Å². The number of nitrogens with one attached hydrogen (secondary N) is 1. The largest absolute Gasteiger partial charge is 0.481 e. The number of hydrogen-bond donors (Lipinski definition) is 2. The minimum absolute atomic E-state index is 0.0914. The maximum atomic E-state index is 11.9. The third-order valence-corrected chi connectivity index (χ3v) is 2.53. The summed E-state index contributed by atoms with van der Waals surface area (Å²) in [5.41, 5.74) is 1.19. The first kappa shape index (κ1) is 12.8. The Morgan fingerprint density at radius 1 is 1.26 bits per heavy atom. The molecule has 0 saturated carbocycles. The number of carbonyl (C=O) groups is 2. The molecule has 0 atom stereocenters. The van der Waals surface area contributed by atoms with E-state index < -0.39 is 5.97 Å². The van der Waals surface area contributed by atoms with Crippen LogP contribution in [0.1, 0.15) is 16.9 Å². The van der Waals surface area contributed by atoms with Crippen LogP contribution in [0, 0.1) is 0 Å². The molecule has 98 valence electrons. The van der Waals surface area contributed by atoms with Gasteiger partial charge in [0.15, 0.2) is 0 Å². The molecule has 6 heteroatoms. The fourth-order valence-corrected chi connectivity index (χ4v) is 1.63. The molecule has 19 heavy (non-hydrogen) atoms. The first-order chi connectivity index (χ1) is 9.18. The van der Waals surface area contributed by atoms with Crippen molar-refractivity contribution in [3.63, 3.8) is 0 Å². The number of nitrogens with zero attached hydrogens (tertiary/aromatic N) is 2. The van der Waals surface area contributed by atoms with E-state index in [1.54, 1.807) is 10.9 Å². The van der Waals surface area contributed by atoms with Gasteiger partial charge < -0.3 is 10.4 Å². The zero-order chi connectivity index (χ0) is 13.7. The summed E-state index contributed by atoms with van der Waals surface area (Å²) < 4.78 is 1.65. The van der Waals surface area contributed by atoms with Gasteiger partial charge in [0.05, 0.1) is 18.9 Å². The average molecular weight is 259 g/mol. The Morgan fingerprint density at radius 2 is 2.00 bits per heavy atom. The minimum atomic E-state index is -0.947. The molecule has 2 rings (SSSR count). The maximum Gasteiger partial charge on any atom is 0.305 e. The molecule has 6 nitrogen and oxygen atoms in total. The van der Waals surface area contributed by atoms with E-state index in [2.05, 4.69) is 10.3 Å². The van der Waals surface area contributed by atoms with E-state index in [1.165, 1.54) is 6.20 Å². The van der Waals surface area contributed by atoms with Crippen molar-refractivity contribution in [1.82, 2.24) is 14.9 Å². The molecule has 2 aromatic rings. The quantitative estimate of drug-likeness (QED) is 0.841. The Morgan fingerprint density at radius 3 is 2.68 bits per heavy atom. The lowest BCUT2D eigenvalue weighted by atomic mass is 10.3. The number of hydrogen-bond acceptors (Lipinski definition) is 3. The molecule has 1 aromatic carbocycles. The SMILES string of the molecule is O=C(O)CCNC(=O)c1cncn1-c1ccccc1. The Hall–Kier alpha value is -2.63. The fourth-order valence-electron chi connectivity index (χ4n) is 1.63. The summed E-state index contributed by atoms with van der Waals surface area (Å²) in [6.07, 6.45) is 2.88. The van der Waals surface area contributed by atoms with E-state index in [-0.39, 0.29) is 18.9 Å². The van der Waals surface area contributed by atoms with Crippen molar-refractivity contribution in [2.24, 2.45) is 0 Å². The van der Waals surface area contributed by atoms with Crippen LogP contribution >= 0.6 is 0 Å². The van der Waals surface area contributed by atoms with Crippen molar-refractivity contribution in [3.8, 4) is 5.69 Å². The van der Waals surface area contributed by atoms with Gasteiger partial charge in [0.2, 0.25) is 0 Å². The molecular formula is C13H13N3O3. The van der Waals surface area contributed by atoms with Crippen LogP contribution in [0.3, 0.4) is 0 Å². The average Bonchev–Trinajstić information content (AvgIpc) is 2.88. The van der Waals surface area contributed by atoms with E-state index in [0.717, 1.165) is 5.69 Å². The van der Waals surface area contributed by atoms with E-state index in [1.807, 2.05) is 30.3 Å². The molecule has 0 fully saturated rings. The molecule has 0 aliphatic heterocycles. The first-order valence-corrected chi connectivity index (χ1v) is 5.76. The third kappa shape index (κ3) is 3.19. The molecular weight excluding hydrogens is 246 g/mol. The number of carboxylic acids is 1. The van der Waals surface area contributed by atoms with Crippen molar-refractivity contribution in [2.75, 3.05) is 6.54 Å². The van der Waals surface area contributed by atoms with Crippen LogP contribution in [0.4, 0.5) is 0 Å². The molecule has 0 radical (unpaired) electrons. The molecule has 1 aromatic heterocycles. The molecule has 1 amide bonds. The van der Waals surface area contributed by atoms with Gasteiger partial charge in [-0.3, -0.25) is 14.2 Å². The van der Waals surface area contributed by atoms with Gasteiger partial charge in [0.1, 0.15) is 5.69 Å². The molecule has 0 bridgehead atoms. The highest BCUT2D eigenvalue weighted by Gasteiger charge is 2.12. The summed E-state index contributed by atoms with van der Waals surface area (Å²) in [4.78, 5) is 26.3. The molecule has 0 unspecified atom stereocenters. The number of para-hydroxylation sites is 1. The van der Waals surface area contributed by atoms with Crippen molar-refractivity contribution >= 4 is 11.9 Å². The fraction of sp³-hybridized carbons (Fsp3) is 0.154. The molecule has 0 aliphatic rings. The number of amides is 1. The number of carboxylic acid groups (broad SMARTS) is 1. The van der Waals surface area contributed by atoms with Crippen LogP contribution in [0.2, 0.25) is 0 Å². The monoisotopic (exact) mass is 259 g/mol. The Kier molecular flexibility index (Phi) is 3.92. The van der Waals surface area contributed by atoms with Crippen molar-refractivity contribution in [2.45, 2.75) is 6.42 Å². The highest BCUT2D eigenvalue weighted by atomic mass is 16.4. The van der Waals surface area contributed by atoms with E-state index in [4.69, 9.17) is 5.11 Å². The summed E-state index contributed by atoms with van der Waals surface area (Å²) in [7, 11) is 0. The van der Waals surface area contributed by atoms with E-state index in [0.29, 0.717) is 5.69 Å². The lowest BCUT2D eigenvalue weighted by Gasteiger charge is -2.08. The standard InChI is InChI=1S/C13H13N3O3/c17-12(18)6-7-15-13(19)11-8-14-9-16(11)10-4-2-1-3-5-10/h1-5,8-9H,6-7H2,(H,15,19)(H,17,18). The Bertz CT molecular complexity index is 578. The maximum absolute atomic E-state index is 11.9. The highest BCUT2D eigenvalue weighted by molar-refractivity contribution is 5.93. The molecule has 0 spiro atoms. The third-order valence-electron chi connectivity index (χ3n) is 2.53. The normalized spacial score (nSPS) is 10.1. The highest BCUT2D eigenvalue weighted by Crippen LogP contribution is 2.10. The van der Waals surface area contributed by atoms with Gasteiger partial charge in [-0.2, -0.15) is 0 Å². The number of rotatable bonds is 5. The van der Waals surface area contributed by atoms with Crippen LogP contribution in [0.5, 0.6) is 0 Å². The smallest absolute Gasteiger partial charge is 0.305 e. The topological polar surface area (TPSA) is 84.2 Å². The van der Waals surface area contributed by atoms with Crippen LogP contribution < -0.4 is 5.32 Å². The second-order valence-corrected chi connectivity index (χ2v) is 3.88. The summed E-state index contributed by atoms with van der Waals surface area (Å²) in [5, 5.41) is 11.1. The van der Waals surface area contributed by atoms with Gasteiger partial charge in [0.25, 0.3) is 5.91 Å². The lowest BCUT2D eigenvalue weighted by Crippen LogP contribution is -2.27. The van der Waals surface area contributed by atoms with Gasteiger partial charge in [-0.15, -0.1) is 0 Å². The second-order valence-electron chi connectivity index (χ2n) is 3.88. The molecule has 0 aliphatic carbocycles. The Balaban J connectivity index is 2.11. The van der Waals surface area contributed by atoms with Gasteiger partial charge in [0, 0.05) is 12.2 Å². The van der Waals surface area contributed by atoms with Crippen LogP contribution in [-0.2, 0) is 4.79 Å². The van der Waals surface area contributed by atoms with E-state index >= 15 is 0 Å². The van der Waals surface area contributed by atoms with Crippen molar-refractivity contribution in [1.29, 1.82) is 0 Å². The zero-order valence-corrected chi connectivity index (χ0v) is 10.1. The number of benzene rings is 1. The zero-order valence-electron chi connectivity index (χ0n) is 10.1. The van der Waals surface area contributed by atoms with Gasteiger partial charge in [-0.25, -0.2) is 4.98 Å². The Labute approximate surface area is 109 Å². The molecule has 2 N–H and O–H groups in total. The molecule has 1 heterocycles. The van der Waals surface area contributed by atoms with Crippen LogP contribution in [-0.4, -0.2) is 33.1 Å². The van der Waals surface area contributed by atoms with Crippen molar-refractivity contribution < 1.29 is 14.7 Å². The molecule has 0 saturated heterocycles. The summed E-state index contributed by atoms with van der Waals surface area (Å²) in [6, 6.07) is 9.32. The van der Waals surface area contributed by atoms with Gasteiger partial charge in [-0.05, 0) is 12.1 Å². The number of carbonyl (C=O) groups excluding carboxylic acids is 1. The van der Waals surface area contributed by atoms with Crippen LogP contribution in [0.25, 0.3) is 5.69 Å².